The molecule has 1 heterocycles. The van der Waals surface area contributed by atoms with Crippen LogP contribution in [0.25, 0.3) is 11.3 Å². The third kappa shape index (κ3) is 3.54. The van der Waals surface area contributed by atoms with Gasteiger partial charge in [-0.3, -0.25) is 4.68 Å². The van der Waals surface area contributed by atoms with E-state index in [2.05, 4.69) is 10.4 Å². The fourth-order valence-corrected chi connectivity index (χ4v) is 3.12. The Morgan fingerprint density at radius 2 is 2.09 bits per heavy atom. The molecule has 1 aliphatic rings. The number of aromatic nitrogens is 2. The molecule has 0 radical (unpaired) electrons. The van der Waals surface area contributed by atoms with Gasteiger partial charge in [0.25, 0.3) is 0 Å². The molecular formula is C17H22FN3O. The number of nitrogens with one attached hydrogen (secondary N) is 1. The van der Waals surface area contributed by atoms with E-state index in [0.717, 1.165) is 42.5 Å². The molecule has 5 heteroatoms. The first-order chi connectivity index (χ1) is 10.6. The number of rotatable bonds is 4. The molecule has 1 aliphatic carbocycles. The minimum absolute atomic E-state index is 0.184. The van der Waals surface area contributed by atoms with Crippen molar-refractivity contribution >= 4 is 0 Å². The Hall–Kier alpha value is -1.72. The van der Waals surface area contributed by atoms with E-state index in [1.54, 1.807) is 16.8 Å². The lowest BCUT2D eigenvalue weighted by Gasteiger charge is -2.26. The highest BCUT2D eigenvalue weighted by molar-refractivity contribution is 5.62. The lowest BCUT2D eigenvalue weighted by Crippen LogP contribution is -2.35. The summed E-state index contributed by atoms with van der Waals surface area (Å²) in [6, 6.07) is 6.78. The van der Waals surface area contributed by atoms with Crippen molar-refractivity contribution < 1.29 is 9.50 Å². The van der Waals surface area contributed by atoms with Crippen molar-refractivity contribution in [2.75, 3.05) is 0 Å². The molecule has 0 aliphatic heterocycles. The summed E-state index contributed by atoms with van der Waals surface area (Å²) < 4.78 is 14.9. The van der Waals surface area contributed by atoms with Gasteiger partial charge in [0.1, 0.15) is 5.82 Å². The lowest BCUT2D eigenvalue weighted by molar-refractivity contribution is 0.111. The molecule has 1 fully saturated rings. The molecule has 0 amide bonds. The topological polar surface area (TPSA) is 50.1 Å². The zero-order valence-electron chi connectivity index (χ0n) is 12.8. The van der Waals surface area contributed by atoms with Crippen LogP contribution in [0.3, 0.4) is 0 Å². The first kappa shape index (κ1) is 15.2. The molecular weight excluding hydrogens is 281 g/mol. The largest absolute Gasteiger partial charge is 0.393 e. The van der Waals surface area contributed by atoms with E-state index in [1.165, 1.54) is 12.1 Å². The molecule has 0 bridgehead atoms. The summed E-state index contributed by atoms with van der Waals surface area (Å²) >= 11 is 0. The van der Waals surface area contributed by atoms with Crippen LogP contribution in [-0.2, 0) is 13.6 Å². The number of hydrogen-bond acceptors (Lipinski definition) is 3. The van der Waals surface area contributed by atoms with Crippen molar-refractivity contribution in [2.45, 2.75) is 44.4 Å². The summed E-state index contributed by atoms with van der Waals surface area (Å²) in [5.74, 6) is -0.240. The van der Waals surface area contributed by atoms with Crippen LogP contribution in [0.1, 0.15) is 31.2 Å². The van der Waals surface area contributed by atoms with Crippen LogP contribution in [-0.4, -0.2) is 27.0 Å². The number of aliphatic hydroxyl groups excluding tert-OH is 1. The second kappa shape index (κ2) is 6.58. The standard InChI is InChI=1S/C17H22FN3O/c1-21-11-13(10-19-15-3-2-4-16(22)9-15)17(20-21)12-5-7-14(18)8-6-12/h5-8,11,15-16,19,22H,2-4,9-10H2,1H3/t15-,16+/m0/s1. The van der Waals surface area contributed by atoms with Gasteiger partial charge in [-0.2, -0.15) is 5.10 Å². The Kier molecular flexibility index (Phi) is 4.55. The predicted molar refractivity (Wildman–Crippen MR) is 83.7 cm³/mol. The molecule has 118 valence electrons. The van der Waals surface area contributed by atoms with E-state index >= 15 is 0 Å². The van der Waals surface area contributed by atoms with Gasteiger partial charge in [0.05, 0.1) is 11.8 Å². The summed E-state index contributed by atoms with van der Waals surface area (Å²) in [4.78, 5) is 0. The summed E-state index contributed by atoms with van der Waals surface area (Å²) in [5.41, 5.74) is 2.89. The Morgan fingerprint density at radius 1 is 1.32 bits per heavy atom. The molecule has 0 spiro atoms. The first-order valence-electron chi connectivity index (χ1n) is 7.82. The molecule has 0 unspecified atom stereocenters. The summed E-state index contributed by atoms with van der Waals surface area (Å²) in [6.45, 7) is 0.706. The highest BCUT2D eigenvalue weighted by Gasteiger charge is 2.20. The number of aryl methyl sites for hydroxylation is 1. The predicted octanol–water partition coefficient (Wildman–Crippen LogP) is 2.62. The van der Waals surface area contributed by atoms with Gasteiger partial charge < -0.3 is 10.4 Å². The fourth-order valence-electron chi connectivity index (χ4n) is 3.12. The SMILES string of the molecule is Cn1cc(CN[C@H]2CCC[C@@H](O)C2)c(-c2ccc(F)cc2)n1. The molecule has 4 nitrogen and oxygen atoms in total. The summed E-state index contributed by atoms with van der Waals surface area (Å²) in [6.07, 6.45) is 5.69. The van der Waals surface area contributed by atoms with E-state index in [0.29, 0.717) is 12.6 Å². The average Bonchev–Trinajstić information content (AvgIpc) is 2.87. The van der Waals surface area contributed by atoms with E-state index < -0.39 is 0 Å². The molecule has 1 saturated carbocycles. The van der Waals surface area contributed by atoms with Crippen molar-refractivity contribution in [3.8, 4) is 11.3 Å². The molecule has 2 aromatic rings. The fraction of sp³-hybridized carbons (Fsp3) is 0.471. The summed E-state index contributed by atoms with van der Waals surface area (Å²) in [5, 5.41) is 17.8. The molecule has 1 aromatic heterocycles. The van der Waals surface area contributed by atoms with Crippen LogP contribution in [0.2, 0.25) is 0 Å². The van der Waals surface area contributed by atoms with Crippen molar-refractivity contribution in [2.24, 2.45) is 7.05 Å². The van der Waals surface area contributed by atoms with Crippen LogP contribution in [0.4, 0.5) is 4.39 Å². The molecule has 0 saturated heterocycles. The van der Waals surface area contributed by atoms with Crippen LogP contribution in [0.15, 0.2) is 30.5 Å². The van der Waals surface area contributed by atoms with E-state index in [4.69, 9.17) is 0 Å². The minimum atomic E-state index is -0.240. The molecule has 22 heavy (non-hydrogen) atoms. The Balaban J connectivity index is 1.72. The van der Waals surface area contributed by atoms with Crippen molar-refractivity contribution in [1.29, 1.82) is 0 Å². The zero-order chi connectivity index (χ0) is 15.5. The van der Waals surface area contributed by atoms with Gasteiger partial charge in [-0.1, -0.05) is 0 Å². The Labute approximate surface area is 130 Å². The molecule has 3 rings (SSSR count). The van der Waals surface area contributed by atoms with E-state index in [1.807, 2.05) is 13.2 Å². The highest BCUT2D eigenvalue weighted by Crippen LogP contribution is 2.23. The highest BCUT2D eigenvalue weighted by atomic mass is 19.1. The quantitative estimate of drug-likeness (QED) is 0.913. The average molecular weight is 303 g/mol. The summed E-state index contributed by atoms with van der Waals surface area (Å²) in [7, 11) is 1.89. The van der Waals surface area contributed by atoms with Crippen LogP contribution in [0, 0.1) is 5.82 Å². The smallest absolute Gasteiger partial charge is 0.123 e. The number of aliphatic hydroxyl groups is 1. The van der Waals surface area contributed by atoms with Crippen LogP contribution in [0.5, 0.6) is 0 Å². The molecule has 1 aromatic carbocycles. The third-order valence-electron chi connectivity index (χ3n) is 4.25. The molecule has 2 N–H and O–H groups in total. The van der Waals surface area contributed by atoms with Crippen LogP contribution < -0.4 is 5.32 Å². The van der Waals surface area contributed by atoms with Gasteiger partial charge >= 0.3 is 0 Å². The maximum atomic E-state index is 13.1. The Bertz CT molecular complexity index is 623. The van der Waals surface area contributed by atoms with Gasteiger partial charge in [0.2, 0.25) is 0 Å². The lowest BCUT2D eigenvalue weighted by atomic mass is 9.93. The van der Waals surface area contributed by atoms with Crippen molar-refractivity contribution in [3.63, 3.8) is 0 Å². The van der Waals surface area contributed by atoms with Gasteiger partial charge in [0.15, 0.2) is 0 Å². The monoisotopic (exact) mass is 303 g/mol. The van der Waals surface area contributed by atoms with E-state index in [9.17, 15) is 9.50 Å². The number of halogens is 1. The first-order valence-corrected chi connectivity index (χ1v) is 7.82. The number of hydrogen-bond donors (Lipinski definition) is 2. The van der Waals surface area contributed by atoms with Crippen molar-refractivity contribution in [3.05, 3.63) is 41.8 Å². The number of benzene rings is 1. The van der Waals surface area contributed by atoms with Gasteiger partial charge in [-0.15, -0.1) is 0 Å². The maximum Gasteiger partial charge on any atom is 0.123 e. The zero-order valence-corrected chi connectivity index (χ0v) is 12.8. The third-order valence-corrected chi connectivity index (χ3v) is 4.25. The van der Waals surface area contributed by atoms with Crippen molar-refractivity contribution in [1.82, 2.24) is 15.1 Å². The van der Waals surface area contributed by atoms with Gasteiger partial charge in [0, 0.05) is 37.0 Å². The minimum Gasteiger partial charge on any atom is -0.393 e. The maximum absolute atomic E-state index is 13.1. The Morgan fingerprint density at radius 3 is 2.82 bits per heavy atom. The normalized spacial score (nSPS) is 22.0. The molecule has 2 atom stereocenters. The van der Waals surface area contributed by atoms with E-state index in [-0.39, 0.29) is 11.9 Å². The van der Waals surface area contributed by atoms with Crippen LogP contribution >= 0.6 is 0 Å². The van der Waals surface area contributed by atoms with Gasteiger partial charge in [-0.05, 0) is 49.9 Å². The van der Waals surface area contributed by atoms with Gasteiger partial charge in [-0.25, -0.2) is 4.39 Å². The number of nitrogens with zero attached hydrogens (tertiary/aromatic N) is 2. The second-order valence-electron chi connectivity index (χ2n) is 6.08. The second-order valence-corrected chi connectivity index (χ2v) is 6.08.